The first-order chi connectivity index (χ1) is 5.27. The lowest BCUT2D eigenvalue weighted by atomic mass is 10.1. The van der Waals surface area contributed by atoms with E-state index >= 15 is 0 Å². The van der Waals surface area contributed by atoms with Crippen molar-refractivity contribution in [2.75, 3.05) is 0 Å². The van der Waals surface area contributed by atoms with Gasteiger partial charge in [-0.3, -0.25) is 0 Å². The normalized spacial score (nSPS) is 10.1. The molecule has 0 heterocycles. The highest BCUT2D eigenvalue weighted by atomic mass is 16.3. The molecule has 1 aromatic carbocycles. The molecule has 1 rings (SSSR count). The smallest absolute Gasteiger partial charge is 0.0681 e. The monoisotopic (exact) mass is 151 g/mol. The maximum atomic E-state index is 8.81. The van der Waals surface area contributed by atoms with Gasteiger partial charge in [0.15, 0.2) is 0 Å². The van der Waals surface area contributed by atoms with Gasteiger partial charge >= 0.3 is 0 Å². The van der Waals surface area contributed by atoms with Gasteiger partial charge < -0.3 is 10.8 Å². The van der Waals surface area contributed by atoms with Crippen molar-refractivity contribution in [3.05, 3.63) is 34.9 Å². The van der Waals surface area contributed by atoms with Crippen LogP contribution in [0.1, 0.15) is 16.7 Å². The number of hydrogen-bond donors (Lipinski definition) is 2. The van der Waals surface area contributed by atoms with E-state index in [1.54, 1.807) is 0 Å². The molecule has 0 aliphatic heterocycles. The van der Waals surface area contributed by atoms with Crippen molar-refractivity contribution < 1.29 is 5.11 Å². The molecule has 0 fully saturated rings. The standard InChI is InChI=1S/C9H13NO/c1-7-2-3-8(6-11)4-9(7)5-10/h2-4,11H,5-6,10H2,1H3. The molecule has 60 valence electrons. The van der Waals surface area contributed by atoms with Crippen LogP contribution >= 0.6 is 0 Å². The van der Waals surface area contributed by atoms with Gasteiger partial charge in [-0.05, 0) is 23.6 Å². The van der Waals surface area contributed by atoms with Crippen LogP contribution in [0.15, 0.2) is 18.2 Å². The molecule has 0 aliphatic carbocycles. The summed E-state index contributed by atoms with van der Waals surface area (Å²) in [7, 11) is 0. The first-order valence-corrected chi connectivity index (χ1v) is 3.67. The Labute approximate surface area is 66.7 Å². The average molecular weight is 151 g/mol. The molecule has 0 saturated carbocycles. The van der Waals surface area contributed by atoms with Gasteiger partial charge in [0.25, 0.3) is 0 Å². The molecule has 1 aromatic rings. The number of aliphatic hydroxyl groups is 1. The van der Waals surface area contributed by atoms with Crippen LogP contribution in [0.25, 0.3) is 0 Å². The Morgan fingerprint density at radius 3 is 2.73 bits per heavy atom. The molecule has 2 heteroatoms. The third-order valence-electron chi connectivity index (χ3n) is 1.82. The first kappa shape index (κ1) is 8.24. The van der Waals surface area contributed by atoms with Gasteiger partial charge in [0, 0.05) is 6.54 Å². The minimum absolute atomic E-state index is 0.0906. The van der Waals surface area contributed by atoms with Crippen LogP contribution in [0.5, 0.6) is 0 Å². The molecule has 0 unspecified atom stereocenters. The van der Waals surface area contributed by atoms with E-state index in [0.717, 1.165) is 11.1 Å². The second kappa shape index (κ2) is 3.51. The van der Waals surface area contributed by atoms with Gasteiger partial charge in [-0.1, -0.05) is 18.2 Å². The van der Waals surface area contributed by atoms with E-state index in [1.807, 2.05) is 25.1 Å². The molecule has 11 heavy (non-hydrogen) atoms. The lowest BCUT2D eigenvalue weighted by Crippen LogP contribution is -2.00. The topological polar surface area (TPSA) is 46.2 Å². The van der Waals surface area contributed by atoms with Gasteiger partial charge in [0.2, 0.25) is 0 Å². The van der Waals surface area contributed by atoms with Crippen molar-refractivity contribution in [3.63, 3.8) is 0 Å². The highest BCUT2D eigenvalue weighted by Gasteiger charge is 1.96. The summed E-state index contributed by atoms with van der Waals surface area (Å²) in [6, 6.07) is 5.83. The summed E-state index contributed by atoms with van der Waals surface area (Å²) in [5.41, 5.74) is 8.71. The molecule has 0 amide bonds. The summed E-state index contributed by atoms with van der Waals surface area (Å²) in [4.78, 5) is 0. The Bertz CT molecular complexity index is 245. The molecule has 0 saturated heterocycles. The van der Waals surface area contributed by atoms with Gasteiger partial charge in [-0.15, -0.1) is 0 Å². The minimum Gasteiger partial charge on any atom is -0.392 e. The van der Waals surface area contributed by atoms with Crippen LogP contribution in [-0.4, -0.2) is 5.11 Å². The minimum atomic E-state index is 0.0906. The number of aliphatic hydroxyl groups excluding tert-OH is 1. The summed E-state index contributed by atoms with van der Waals surface area (Å²) < 4.78 is 0. The van der Waals surface area contributed by atoms with Crippen LogP contribution < -0.4 is 5.73 Å². The predicted octanol–water partition coefficient (Wildman–Crippen LogP) is 0.946. The third-order valence-corrected chi connectivity index (χ3v) is 1.82. The Balaban J connectivity index is 3.02. The molecule has 0 atom stereocenters. The Hall–Kier alpha value is -0.860. The zero-order chi connectivity index (χ0) is 8.27. The molecule has 0 aliphatic rings. The first-order valence-electron chi connectivity index (χ1n) is 3.67. The SMILES string of the molecule is Cc1ccc(CO)cc1CN. The van der Waals surface area contributed by atoms with Crippen molar-refractivity contribution in [1.29, 1.82) is 0 Å². The van der Waals surface area contributed by atoms with E-state index in [4.69, 9.17) is 10.8 Å². The van der Waals surface area contributed by atoms with Gasteiger partial charge in [0.05, 0.1) is 6.61 Å². The fraction of sp³-hybridized carbons (Fsp3) is 0.333. The number of benzene rings is 1. The van der Waals surface area contributed by atoms with Gasteiger partial charge in [0.1, 0.15) is 0 Å². The molecule has 0 aromatic heterocycles. The van der Waals surface area contributed by atoms with Crippen molar-refractivity contribution in [2.45, 2.75) is 20.1 Å². The third kappa shape index (κ3) is 1.79. The van der Waals surface area contributed by atoms with Crippen LogP contribution in [-0.2, 0) is 13.2 Å². The van der Waals surface area contributed by atoms with Gasteiger partial charge in [-0.2, -0.15) is 0 Å². The Morgan fingerprint density at radius 2 is 2.18 bits per heavy atom. The zero-order valence-electron chi connectivity index (χ0n) is 6.67. The number of hydrogen-bond acceptors (Lipinski definition) is 2. The van der Waals surface area contributed by atoms with Crippen molar-refractivity contribution >= 4 is 0 Å². The van der Waals surface area contributed by atoms with Crippen molar-refractivity contribution in [2.24, 2.45) is 5.73 Å². The quantitative estimate of drug-likeness (QED) is 0.661. The van der Waals surface area contributed by atoms with E-state index in [1.165, 1.54) is 5.56 Å². The van der Waals surface area contributed by atoms with E-state index in [0.29, 0.717) is 6.54 Å². The van der Waals surface area contributed by atoms with Crippen LogP contribution in [0.3, 0.4) is 0 Å². The predicted molar refractivity (Wildman–Crippen MR) is 45.0 cm³/mol. The summed E-state index contributed by atoms with van der Waals surface area (Å²) in [5, 5.41) is 8.81. The molecule has 0 bridgehead atoms. The maximum Gasteiger partial charge on any atom is 0.0681 e. The Morgan fingerprint density at radius 1 is 1.45 bits per heavy atom. The summed E-state index contributed by atoms with van der Waals surface area (Å²) >= 11 is 0. The number of rotatable bonds is 2. The molecule has 0 spiro atoms. The average Bonchev–Trinajstić information content (AvgIpc) is 2.05. The summed E-state index contributed by atoms with van der Waals surface area (Å²) in [6.45, 7) is 2.65. The zero-order valence-corrected chi connectivity index (χ0v) is 6.67. The lowest BCUT2D eigenvalue weighted by Gasteiger charge is -2.03. The highest BCUT2D eigenvalue weighted by molar-refractivity contribution is 5.30. The molecule has 3 N–H and O–H groups in total. The molecular formula is C9H13NO. The largest absolute Gasteiger partial charge is 0.392 e. The van der Waals surface area contributed by atoms with Crippen LogP contribution in [0, 0.1) is 6.92 Å². The van der Waals surface area contributed by atoms with Crippen molar-refractivity contribution in [3.8, 4) is 0 Å². The molecule has 0 radical (unpaired) electrons. The lowest BCUT2D eigenvalue weighted by molar-refractivity contribution is 0.281. The second-order valence-corrected chi connectivity index (χ2v) is 2.62. The number of nitrogens with two attached hydrogens (primary N) is 1. The van der Waals surface area contributed by atoms with E-state index in [2.05, 4.69) is 0 Å². The summed E-state index contributed by atoms with van der Waals surface area (Å²) in [5.74, 6) is 0. The van der Waals surface area contributed by atoms with Crippen LogP contribution in [0.4, 0.5) is 0 Å². The fourth-order valence-corrected chi connectivity index (χ4v) is 1.04. The fourth-order valence-electron chi connectivity index (χ4n) is 1.04. The maximum absolute atomic E-state index is 8.81. The van der Waals surface area contributed by atoms with Crippen molar-refractivity contribution in [1.82, 2.24) is 0 Å². The van der Waals surface area contributed by atoms with E-state index in [9.17, 15) is 0 Å². The van der Waals surface area contributed by atoms with Crippen LogP contribution in [0.2, 0.25) is 0 Å². The highest BCUT2D eigenvalue weighted by Crippen LogP contribution is 2.09. The Kier molecular flexibility index (Phi) is 2.63. The van der Waals surface area contributed by atoms with E-state index in [-0.39, 0.29) is 6.61 Å². The second-order valence-electron chi connectivity index (χ2n) is 2.62. The molecular weight excluding hydrogens is 138 g/mol. The molecule has 2 nitrogen and oxygen atoms in total. The summed E-state index contributed by atoms with van der Waals surface area (Å²) in [6.07, 6.45) is 0. The van der Waals surface area contributed by atoms with E-state index < -0.39 is 0 Å². The number of aryl methyl sites for hydroxylation is 1. The van der Waals surface area contributed by atoms with Gasteiger partial charge in [-0.25, -0.2) is 0 Å².